The third-order valence-corrected chi connectivity index (χ3v) is 8.98. The van der Waals surface area contributed by atoms with Gasteiger partial charge in [0.05, 0.1) is 23.3 Å². The van der Waals surface area contributed by atoms with Gasteiger partial charge in [0.25, 0.3) is 0 Å². The van der Waals surface area contributed by atoms with Gasteiger partial charge in [-0.25, -0.2) is 4.98 Å². The van der Waals surface area contributed by atoms with E-state index in [2.05, 4.69) is 15.0 Å². The maximum Gasteiger partial charge on any atom is 0.245 e. The summed E-state index contributed by atoms with van der Waals surface area (Å²) in [5.74, 6) is 0.619. The van der Waals surface area contributed by atoms with E-state index in [9.17, 15) is 13.6 Å². The molecule has 3 atom stereocenters. The minimum Gasteiger partial charge on any atom is -0.592 e. The molecular weight excluding hydrogens is 410 g/mol. The lowest BCUT2D eigenvalue weighted by Gasteiger charge is -2.31. The van der Waals surface area contributed by atoms with E-state index >= 15 is 0 Å². The molecule has 2 aliphatic heterocycles. The number of amides is 1. The molecule has 3 aromatic heterocycles. The second-order valence-electron chi connectivity index (χ2n) is 7.41. The molecule has 0 aliphatic carbocycles. The quantitative estimate of drug-likeness (QED) is 0.640. The number of carbonyl (C=O) groups excluding carboxylic acids is 1. The van der Waals surface area contributed by atoms with E-state index in [0.29, 0.717) is 30.1 Å². The summed E-state index contributed by atoms with van der Waals surface area (Å²) >= 11 is 1.19. The third-order valence-electron chi connectivity index (χ3n) is 5.70. The lowest BCUT2D eigenvalue weighted by Crippen LogP contribution is -2.49. The molecule has 3 unspecified atom stereocenters. The van der Waals surface area contributed by atoms with E-state index in [1.807, 2.05) is 6.07 Å². The zero-order valence-electron chi connectivity index (χ0n) is 15.7. The van der Waals surface area contributed by atoms with Gasteiger partial charge in [0.1, 0.15) is 11.9 Å². The molecule has 0 radical (unpaired) electrons. The van der Waals surface area contributed by atoms with Crippen molar-refractivity contribution < 1.29 is 13.6 Å². The summed E-state index contributed by atoms with van der Waals surface area (Å²) in [5.41, 5.74) is 1.65. The van der Waals surface area contributed by atoms with Gasteiger partial charge in [-0.1, -0.05) is 15.5 Å². The fraction of sp³-hybridized carbons (Fsp3) is 0.421. The van der Waals surface area contributed by atoms with Crippen molar-refractivity contribution in [2.45, 2.75) is 42.0 Å². The van der Waals surface area contributed by atoms with Gasteiger partial charge in [0.2, 0.25) is 10.1 Å². The van der Waals surface area contributed by atoms with E-state index in [-0.39, 0.29) is 11.9 Å². The number of aromatic nitrogens is 3. The van der Waals surface area contributed by atoms with Crippen LogP contribution in [-0.2, 0) is 19.4 Å². The van der Waals surface area contributed by atoms with Crippen molar-refractivity contribution in [3.63, 3.8) is 0 Å². The predicted octanol–water partition coefficient (Wildman–Crippen LogP) is 2.75. The molecule has 1 N–H and O–H groups in total. The number of thiophene rings is 1. The highest BCUT2D eigenvalue weighted by atomic mass is 32.3. The number of likely N-dealkylation sites (tertiary alicyclic amines) is 1. The first-order valence-electron chi connectivity index (χ1n) is 9.71. The molecule has 0 bridgehead atoms. The molecule has 3 aromatic rings. The molecule has 5 heterocycles. The second kappa shape index (κ2) is 7.28. The summed E-state index contributed by atoms with van der Waals surface area (Å²) in [6.45, 7) is 0.994. The van der Waals surface area contributed by atoms with Crippen LogP contribution in [-0.4, -0.2) is 53.7 Å². The summed E-state index contributed by atoms with van der Waals surface area (Å²) in [4.78, 5) is 27.3. The fourth-order valence-electron chi connectivity index (χ4n) is 4.34. The van der Waals surface area contributed by atoms with Crippen molar-refractivity contribution in [2.24, 2.45) is 0 Å². The summed E-state index contributed by atoms with van der Waals surface area (Å²) < 4.78 is 27.7. The van der Waals surface area contributed by atoms with Crippen LogP contribution in [0.4, 0.5) is 0 Å². The van der Waals surface area contributed by atoms with Crippen LogP contribution in [0, 0.1) is 0 Å². The average molecular weight is 432 g/mol. The molecule has 8 nitrogen and oxygen atoms in total. The number of hydrogen-bond donors (Lipinski definition) is 1. The van der Waals surface area contributed by atoms with Crippen LogP contribution in [0.25, 0.3) is 11.0 Å². The second-order valence-corrected chi connectivity index (χ2v) is 10.5. The van der Waals surface area contributed by atoms with Crippen molar-refractivity contribution in [3.8, 4) is 0 Å². The van der Waals surface area contributed by atoms with Crippen molar-refractivity contribution >= 4 is 38.7 Å². The monoisotopic (exact) mass is 431 g/mol. The van der Waals surface area contributed by atoms with E-state index in [1.54, 1.807) is 34.8 Å². The first kappa shape index (κ1) is 18.9. The number of pyridine rings is 1. The molecule has 1 amide bonds. The van der Waals surface area contributed by atoms with E-state index in [0.717, 1.165) is 29.7 Å². The van der Waals surface area contributed by atoms with E-state index in [1.165, 1.54) is 15.6 Å². The van der Waals surface area contributed by atoms with Gasteiger partial charge < -0.3 is 14.4 Å². The number of fused-ring (bicyclic) bond motifs is 1. The molecule has 0 aromatic carbocycles. The zero-order chi connectivity index (χ0) is 20.0. The van der Waals surface area contributed by atoms with Gasteiger partial charge in [-0.3, -0.25) is 9.78 Å². The molecule has 2 aliphatic rings. The van der Waals surface area contributed by atoms with Crippen molar-refractivity contribution in [1.82, 2.24) is 24.2 Å². The summed E-state index contributed by atoms with van der Waals surface area (Å²) in [6, 6.07) is 4.34. The molecule has 152 valence electrons. The maximum atomic E-state index is 13.4. The van der Waals surface area contributed by atoms with Crippen LogP contribution in [0.2, 0.25) is 0 Å². The first-order valence-corrected chi connectivity index (χ1v) is 12.0. The SMILES string of the molecule is O=C(C1CCCN1[S+](=O)([O-])c1cccs1)N1CCCC1c1nc2ccncc2[nH]1. The number of carbonyl (C=O) groups is 1. The third kappa shape index (κ3) is 3.20. The Morgan fingerprint density at radius 3 is 2.93 bits per heavy atom. The Hall–Kier alpha value is -2.14. The normalized spacial score (nSPS) is 24.9. The molecule has 0 spiro atoms. The van der Waals surface area contributed by atoms with Crippen molar-refractivity contribution in [1.29, 1.82) is 0 Å². The molecule has 2 saturated heterocycles. The van der Waals surface area contributed by atoms with Gasteiger partial charge >= 0.3 is 0 Å². The van der Waals surface area contributed by atoms with Gasteiger partial charge in [-0.05, 0) is 43.2 Å². The largest absolute Gasteiger partial charge is 0.592 e. The topological polar surface area (TPSA) is 105 Å². The molecule has 2 fully saturated rings. The van der Waals surface area contributed by atoms with Crippen molar-refractivity contribution in [3.05, 3.63) is 41.8 Å². The highest BCUT2D eigenvalue weighted by Gasteiger charge is 2.47. The Balaban J connectivity index is 1.42. The lowest BCUT2D eigenvalue weighted by atomic mass is 10.1. The summed E-state index contributed by atoms with van der Waals surface area (Å²) in [5, 5.41) is 1.74. The molecular formula is C19H21N5O3S2. The number of H-pyrrole nitrogens is 1. The van der Waals surface area contributed by atoms with Crippen LogP contribution < -0.4 is 0 Å². The fourth-order valence-corrected chi connectivity index (χ4v) is 7.11. The Kier molecular flexibility index (Phi) is 4.73. The van der Waals surface area contributed by atoms with Gasteiger partial charge in [-0.15, -0.1) is 4.31 Å². The number of rotatable bonds is 4. The number of sulfonamides is 1. The number of imidazole rings is 1. The van der Waals surface area contributed by atoms with Crippen LogP contribution in [0.15, 0.2) is 40.2 Å². The Morgan fingerprint density at radius 1 is 1.28 bits per heavy atom. The maximum absolute atomic E-state index is 13.4. The Labute approximate surface area is 173 Å². The van der Waals surface area contributed by atoms with E-state index in [4.69, 9.17) is 0 Å². The minimum absolute atomic E-state index is 0.122. The Morgan fingerprint density at radius 2 is 2.14 bits per heavy atom. The standard InChI is InChI=1S/C19H21N5O3S2/c25-19(16-5-2-10-24(16)29(26,27)17-6-3-11-28-17)23-9-1-4-15(23)18-21-13-7-8-20-12-14(13)22-18/h3,6-8,11-12,15-16H,1-2,4-5,9-10H2,(H-,20,21,22,26,27). The highest BCUT2D eigenvalue weighted by molar-refractivity contribution is 7.97. The predicted molar refractivity (Wildman–Crippen MR) is 109 cm³/mol. The average Bonchev–Trinajstić information content (AvgIpc) is 3.52. The molecule has 0 saturated carbocycles. The summed E-state index contributed by atoms with van der Waals surface area (Å²) in [6.07, 6.45) is 6.33. The van der Waals surface area contributed by atoms with Gasteiger partial charge in [0.15, 0.2) is 10.4 Å². The molecule has 29 heavy (non-hydrogen) atoms. The van der Waals surface area contributed by atoms with Crippen LogP contribution >= 0.6 is 11.3 Å². The molecule has 5 rings (SSSR count). The van der Waals surface area contributed by atoms with Crippen LogP contribution in [0.5, 0.6) is 0 Å². The first-order chi connectivity index (χ1) is 14.1. The van der Waals surface area contributed by atoms with Crippen LogP contribution in [0.3, 0.4) is 0 Å². The number of nitrogens with zero attached hydrogens (tertiary/aromatic N) is 4. The number of aromatic amines is 1. The highest BCUT2D eigenvalue weighted by Crippen LogP contribution is 2.37. The van der Waals surface area contributed by atoms with E-state index < -0.39 is 16.4 Å². The van der Waals surface area contributed by atoms with Crippen molar-refractivity contribution in [2.75, 3.05) is 13.1 Å². The lowest BCUT2D eigenvalue weighted by molar-refractivity contribution is -0.135. The van der Waals surface area contributed by atoms with Gasteiger partial charge in [0, 0.05) is 25.4 Å². The number of hydrogen-bond acceptors (Lipinski definition) is 6. The minimum atomic E-state index is -3.65. The zero-order valence-corrected chi connectivity index (χ0v) is 17.3. The van der Waals surface area contributed by atoms with Crippen LogP contribution in [0.1, 0.15) is 37.5 Å². The summed E-state index contributed by atoms with van der Waals surface area (Å²) in [7, 11) is -3.65. The Bertz CT molecular complexity index is 1050. The van der Waals surface area contributed by atoms with Gasteiger partial charge in [-0.2, -0.15) is 0 Å². The number of nitrogens with one attached hydrogen (secondary N) is 1. The molecule has 10 heteroatoms. The smallest absolute Gasteiger partial charge is 0.245 e.